The molecule has 0 saturated carbocycles. The smallest absolute Gasteiger partial charge is 0.326 e. The number of benzene rings is 2. The van der Waals surface area contributed by atoms with Crippen molar-refractivity contribution in [2.75, 3.05) is 20.8 Å². The monoisotopic (exact) mass is 383 g/mol. The number of methoxy groups -OCH3 is 2. The SMILES string of the molecule is COC(=O)[C@H]1[C@@H](c2ccc(OC)cc2)ON2[C@@H](c3ccccc3)COC(=O)[C@H]12. The predicted molar refractivity (Wildman–Crippen MR) is 98.1 cm³/mol. The zero-order valence-corrected chi connectivity index (χ0v) is 15.6. The van der Waals surface area contributed by atoms with Crippen molar-refractivity contribution in [1.29, 1.82) is 0 Å². The first-order valence-corrected chi connectivity index (χ1v) is 9.02. The maximum absolute atomic E-state index is 12.6. The van der Waals surface area contributed by atoms with Crippen LogP contribution in [0.3, 0.4) is 0 Å². The fourth-order valence-electron chi connectivity index (χ4n) is 3.79. The number of hydrogen-bond donors (Lipinski definition) is 0. The van der Waals surface area contributed by atoms with Gasteiger partial charge in [-0.05, 0) is 23.3 Å². The Kier molecular flexibility index (Phi) is 5.02. The molecule has 0 bridgehead atoms. The zero-order chi connectivity index (χ0) is 19.7. The lowest BCUT2D eigenvalue weighted by Gasteiger charge is -2.35. The molecule has 0 unspecified atom stereocenters. The van der Waals surface area contributed by atoms with Crippen molar-refractivity contribution in [2.24, 2.45) is 5.92 Å². The minimum atomic E-state index is -0.876. The summed E-state index contributed by atoms with van der Waals surface area (Å²) in [5.74, 6) is -1.15. The first kappa shape index (κ1) is 18.5. The second-order valence-electron chi connectivity index (χ2n) is 6.71. The van der Waals surface area contributed by atoms with Crippen molar-refractivity contribution in [3.8, 4) is 5.75 Å². The molecule has 2 fully saturated rings. The summed E-state index contributed by atoms with van der Waals surface area (Å²) in [4.78, 5) is 31.4. The number of ether oxygens (including phenoxy) is 3. The molecule has 7 nitrogen and oxygen atoms in total. The van der Waals surface area contributed by atoms with Gasteiger partial charge in [0.2, 0.25) is 0 Å². The van der Waals surface area contributed by atoms with Gasteiger partial charge in [0, 0.05) is 0 Å². The minimum absolute atomic E-state index is 0.155. The van der Waals surface area contributed by atoms with Gasteiger partial charge in [-0.15, -0.1) is 0 Å². The fourth-order valence-corrected chi connectivity index (χ4v) is 3.79. The number of fused-ring (bicyclic) bond motifs is 1. The third kappa shape index (κ3) is 3.12. The minimum Gasteiger partial charge on any atom is -0.497 e. The summed E-state index contributed by atoms with van der Waals surface area (Å²) in [6.07, 6.45) is -0.666. The van der Waals surface area contributed by atoms with Crippen molar-refractivity contribution in [3.05, 3.63) is 65.7 Å². The average Bonchev–Trinajstić information content (AvgIpc) is 3.15. The van der Waals surface area contributed by atoms with Gasteiger partial charge in [0.25, 0.3) is 0 Å². The number of rotatable bonds is 4. The number of hydroxylamine groups is 2. The molecule has 146 valence electrons. The van der Waals surface area contributed by atoms with Gasteiger partial charge >= 0.3 is 11.9 Å². The third-order valence-corrected chi connectivity index (χ3v) is 5.21. The van der Waals surface area contributed by atoms with E-state index in [0.717, 1.165) is 11.1 Å². The number of carbonyl (C=O) groups excluding carboxylic acids is 2. The second kappa shape index (κ2) is 7.61. The van der Waals surface area contributed by atoms with Crippen molar-refractivity contribution in [1.82, 2.24) is 5.06 Å². The fraction of sp³-hybridized carbons (Fsp3) is 0.333. The van der Waals surface area contributed by atoms with Crippen LogP contribution in [0.1, 0.15) is 23.3 Å². The Morgan fingerprint density at radius 3 is 2.39 bits per heavy atom. The molecular formula is C21H21NO6. The van der Waals surface area contributed by atoms with Gasteiger partial charge in [0.05, 0.1) is 20.3 Å². The molecule has 4 rings (SSSR count). The highest BCUT2D eigenvalue weighted by atomic mass is 16.7. The Labute approximate surface area is 162 Å². The van der Waals surface area contributed by atoms with E-state index in [4.69, 9.17) is 19.0 Å². The van der Waals surface area contributed by atoms with E-state index < -0.39 is 30.0 Å². The molecule has 2 heterocycles. The lowest BCUT2D eigenvalue weighted by atomic mass is 9.89. The summed E-state index contributed by atoms with van der Waals surface area (Å²) in [7, 11) is 2.89. The van der Waals surface area contributed by atoms with Crippen LogP contribution < -0.4 is 4.74 Å². The van der Waals surface area contributed by atoms with Crippen LogP contribution in [0.4, 0.5) is 0 Å². The quantitative estimate of drug-likeness (QED) is 0.751. The number of hydrogen-bond acceptors (Lipinski definition) is 7. The van der Waals surface area contributed by atoms with Gasteiger partial charge in [0.1, 0.15) is 30.4 Å². The highest BCUT2D eigenvalue weighted by Gasteiger charge is 2.57. The van der Waals surface area contributed by atoms with Crippen molar-refractivity contribution >= 4 is 11.9 Å². The normalized spacial score (nSPS) is 27.0. The van der Waals surface area contributed by atoms with E-state index in [-0.39, 0.29) is 12.6 Å². The summed E-state index contributed by atoms with van der Waals surface area (Å²) in [5, 5.41) is 1.59. The van der Waals surface area contributed by atoms with E-state index in [9.17, 15) is 9.59 Å². The molecule has 2 saturated heterocycles. The number of carbonyl (C=O) groups is 2. The third-order valence-electron chi connectivity index (χ3n) is 5.21. The molecule has 28 heavy (non-hydrogen) atoms. The van der Waals surface area contributed by atoms with E-state index in [0.29, 0.717) is 5.75 Å². The highest BCUT2D eigenvalue weighted by Crippen LogP contribution is 2.46. The van der Waals surface area contributed by atoms with Crippen LogP contribution in [0.2, 0.25) is 0 Å². The van der Waals surface area contributed by atoms with Crippen LogP contribution in [-0.2, 0) is 23.9 Å². The second-order valence-corrected chi connectivity index (χ2v) is 6.71. The Bertz CT molecular complexity index is 853. The number of cyclic esters (lactones) is 1. The molecular weight excluding hydrogens is 362 g/mol. The van der Waals surface area contributed by atoms with Crippen LogP contribution in [0, 0.1) is 5.92 Å². The molecule has 0 radical (unpaired) electrons. The van der Waals surface area contributed by atoms with Gasteiger partial charge in [-0.3, -0.25) is 14.4 Å². The summed E-state index contributed by atoms with van der Waals surface area (Å²) in [6.45, 7) is 0.155. The van der Waals surface area contributed by atoms with E-state index >= 15 is 0 Å². The van der Waals surface area contributed by atoms with E-state index in [2.05, 4.69) is 0 Å². The average molecular weight is 383 g/mol. The molecule has 7 heteroatoms. The van der Waals surface area contributed by atoms with E-state index in [1.807, 2.05) is 42.5 Å². The number of esters is 2. The van der Waals surface area contributed by atoms with Crippen LogP contribution in [-0.4, -0.2) is 43.9 Å². The lowest BCUT2D eigenvalue weighted by Crippen LogP contribution is -2.50. The van der Waals surface area contributed by atoms with Crippen molar-refractivity contribution in [2.45, 2.75) is 18.2 Å². The molecule has 2 aromatic rings. The predicted octanol–water partition coefficient (Wildman–Crippen LogP) is 2.44. The summed E-state index contributed by atoms with van der Waals surface area (Å²) >= 11 is 0. The summed E-state index contributed by atoms with van der Waals surface area (Å²) in [5.41, 5.74) is 1.70. The van der Waals surface area contributed by atoms with Gasteiger partial charge in [0.15, 0.2) is 0 Å². The van der Waals surface area contributed by atoms with Gasteiger partial charge < -0.3 is 14.2 Å². The largest absolute Gasteiger partial charge is 0.497 e. The van der Waals surface area contributed by atoms with Crippen LogP contribution in [0.5, 0.6) is 5.75 Å². The topological polar surface area (TPSA) is 74.3 Å². The first-order chi connectivity index (χ1) is 13.6. The lowest BCUT2D eigenvalue weighted by molar-refractivity contribution is -0.228. The zero-order valence-electron chi connectivity index (χ0n) is 15.6. The standard InChI is InChI=1S/C21H21NO6/c1-25-15-10-8-14(9-11-15)19-17(20(23)26-2)18-21(24)27-12-16(22(18)28-19)13-6-4-3-5-7-13/h3-11,16-19H,12H2,1-2H3/t16-,17-,18+,19-/m1/s1. The highest BCUT2D eigenvalue weighted by molar-refractivity contribution is 5.86. The maximum atomic E-state index is 12.6. The Morgan fingerprint density at radius 1 is 1.04 bits per heavy atom. The molecule has 0 spiro atoms. The molecule has 2 aliphatic heterocycles. The molecule has 2 aromatic carbocycles. The van der Waals surface area contributed by atoms with E-state index in [1.165, 1.54) is 7.11 Å². The van der Waals surface area contributed by atoms with Gasteiger partial charge in [-0.25, -0.2) is 0 Å². The van der Waals surface area contributed by atoms with Gasteiger partial charge in [-0.1, -0.05) is 42.5 Å². The molecule has 0 amide bonds. The molecule has 4 atom stereocenters. The van der Waals surface area contributed by atoms with Crippen LogP contribution in [0.25, 0.3) is 0 Å². The van der Waals surface area contributed by atoms with Gasteiger partial charge in [-0.2, -0.15) is 5.06 Å². The summed E-state index contributed by atoms with van der Waals surface area (Å²) in [6, 6.07) is 15.7. The molecule has 0 aliphatic carbocycles. The van der Waals surface area contributed by atoms with Crippen molar-refractivity contribution in [3.63, 3.8) is 0 Å². The molecule has 0 N–H and O–H groups in total. The summed E-state index contributed by atoms with van der Waals surface area (Å²) < 4.78 is 15.6. The molecule has 0 aromatic heterocycles. The Balaban J connectivity index is 1.73. The number of nitrogens with zero attached hydrogens (tertiary/aromatic N) is 1. The Morgan fingerprint density at radius 2 is 1.75 bits per heavy atom. The van der Waals surface area contributed by atoms with E-state index in [1.54, 1.807) is 24.3 Å². The number of morpholine rings is 1. The first-order valence-electron chi connectivity index (χ1n) is 9.02. The Hall–Kier alpha value is -2.90. The van der Waals surface area contributed by atoms with Crippen LogP contribution in [0.15, 0.2) is 54.6 Å². The van der Waals surface area contributed by atoms with Crippen molar-refractivity contribution < 1.29 is 28.6 Å². The molecule has 2 aliphatic rings. The van der Waals surface area contributed by atoms with Crippen LogP contribution >= 0.6 is 0 Å². The maximum Gasteiger partial charge on any atom is 0.326 e.